The van der Waals surface area contributed by atoms with Crippen molar-refractivity contribution in [2.24, 2.45) is 23.7 Å². The molecule has 6 atom stereocenters. The van der Waals surface area contributed by atoms with E-state index < -0.39 is 75.8 Å². The van der Waals surface area contributed by atoms with Crippen LogP contribution in [-0.4, -0.2) is 54.9 Å². The number of hydrogen-bond acceptors (Lipinski definition) is 9. The van der Waals surface area contributed by atoms with Gasteiger partial charge in [-0.3, -0.25) is 14.4 Å². The number of esters is 3. The highest BCUT2D eigenvalue weighted by Gasteiger charge is 2.70. The van der Waals surface area contributed by atoms with E-state index in [0.29, 0.717) is 6.42 Å². The second-order valence-corrected chi connectivity index (χ2v) is 7.80. The maximum absolute atomic E-state index is 13.1. The zero-order valence-corrected chi connectivity index (χ0v) is 13.5. The molecule has 0 N–H and O–H groups in total. The SMILES string of the molecule is CC(=O)OC1C2CC3C1OC(=O)C3C2C(=O)OCC(F)(F)S(=O)(=O)[O-]. The lowest BCUT2D eigenvalue weighted by Crippen LogP contribution is -2.44. The molecule has 0 spiro atoms. The summed E-state index contributed by atoms with van der Waals surface area (Å²) >= 11 is 0. The van der Waals surface area contributed by atoms with Crippen LogP contribution in [0.3, 0.4) is 0 Å². The molecule has 0 aromatic carbocycles. The third-order valence-electron chi connectivity index (χ3n) is 4.87. The van der Waals surface area contributed by atoms with E-state index in [1.54, 1.807) is 0 Å². The van der Waals surface area contributed by atoms with Gasteiger partial charge in [0.2, 0.25) is 0 Å². The molecule has 1 aliphatic heterocycles. The van der Waals surface area contributed by atoms with Crippen molar-refractivity contribution in [1.29, 1.82) is 0 Å². The Morgan fingerprint density at radius 3 is 2.56 bits per heavy atom. The highest BCUT2D eigenvalue weighted by Crippen LogP contribution is 2.59. The molecule has 25 heavy (non-hydrogen) atoms. The van der Waals surface area contributed by atoms with Crippen LogP contribution < -0.4 is 0 Å². The summed E-state index contributed by atoms with van der Waals surface area (Å²) in [6.07, 6.45) is -1.29. The van der Waals surface area contributed by atoms with Crippen LogP contribution >= 0.6 is 0 Å². The molecule has 0 aromatic rings. The lowest BCUT2D eigenvalue weighted by atomic mass is 9.78. The zero-order chi connectivity index (χ0) is 18.7. The molecule has 2 aliphatic carbocycles. The molecule has 6 unspecified atom stereocenters. The Morgan fingerprint density at radius 2 is 2.00 bits per heavy atom. The second kappa shape index (κ2) is 5.59. The number of ether oxygens (including phenoxy) is 3. The van der Waals surface area contributed by atoms with Gasteiger partial charge in [-0.05, 0) is 6.42 Å². The minimum absolute atomic E-state index is 0.301. The minimum Gasteiger partial charge on any atom is -0.743 e. The molecule has 0 amide bonds. The topological polar surface area (TPSA) is 136 Å². The first kappa shape index (κ1) is 18.0. The van der Waals surface area contributed by atoms with Crippen molar-refractivity contribution >= 4 is 28.0 Å². The van der Waals surface area contributed by atoms with Gasteiger partial charge in [-0.1, -0.05) is 0 Å². The zero-order valence-electron chi connectivity index (χ0n) is 12.7. The Balaban J connectivity index is 1.77. The number of carbonyl (C=O) groups is 3. The van der Waals surface area contributed by atoms with Gasteiger partial charge in [0.1, 0.15) is 12.2 Å². The van der Waals surface area contributed by atoms with Crippen LogP contribution in [0.4, 0.5) is 8.78 Å². The summed E-state index contributed by atoms with van der Waals surface area (Å²) in [4.78, 5) is 35.3. The highest BCUT2D eigenvalue weighted by molar-refractivity contribution is 7.86. The van der Waals surface area contributed by atoms with Crippen molar-refractivity contribution in [2.75, 3.05) is 6.61 Å². The number of halogens is 2. The minimum atomic E-state index is -6.00. The normalized spacial score (nSPS) is 36.2. The third-order valence-corrected chi connectivity index (χ3v) is 5.72. The molecule has 1 heterocycles. The van der Waals surface area contributed by atoms with Crippen molar-refractivity contribution in [2.45, 2.75) is 30.8 Å². The average molecular weight is 383 g/mol. The Morgan fingerprint density at radius 1 is 1.36 bits per heavy atom. The Bertz CT molecular complexity index is 734. The largest absolute Gasteiger partial charge is 0.743 e. The van der Waals surface area contributed by atoms with E-state index in [9.17, 15) is 36.1 Å². The summed E-state index contributed by atoms with van der Waals surface area (Å²) in [5.41, 5.74) is 0. The second-order valence-electron chi connectivity index (χ2n) is 6.29. The van der Waals surface area contributed by atoms with E-state index in [1.807, 2.05) is 0 Å². The summed E-state index contributed by atoms with van der Waals surface area (Å²) in [6.45, 7) is -0.817. The molecule has 2 bridgehead atoms. The lowest BCUT2D eigenvalue weighted by molar-refractivity contribution is -0.166. The van der Waals surface area contributed by atoms with Crippen LogP contribution in [0.15, 0.2) is 0 Å². The molecular weight excluding hydrogens is 370 g/mol. The van der Waals surface area contributed by atoms with Gasteiger partial charge in [-0.25, -0.2) is 8.42 Å². The highest BCUT2D eigenvalue weighted by atomic mass is 32.2. The van der Waals surface area contributed by atoms with Gasteiger partial charge in [0.15, 0.2) is 16.7 Å². The maximum Gasteiger partial charge on any atom is 0.367 e. The van der Waals surface area contributed by atoms with E-state index >= 15 is 0 Å². The van der Waals surface area contributed by atoms with Gasteiger partial charge in [0, 0.05) is 18.8 Å². The molecule has 3 aliphatic rings. The monoisotopic (exact) mass is 383 g/mol. The third kappa shape index (κ3) is 2.76. The van der Waals surface area contributed by atoms with Crippen molar-refractivity contribution in [3.63, 3.8) is 0 Å². The summed E-state index contributed by atoms with van der Waals surface area (Å²) in [6, 6.07) is 0. The molecule has 3 rings (SSSR count). The first-order valence-corrected chi connectivity index (χ1v) is 8.72. The predicted molar refractivity (Wildman–Crippen MR) is 69.6 cm³/mol. The van der Waals surface area contributed by atoms with Crippen molar-refractivity contribution < 1.29 is 50.3 Å². The predicted octanol–water partition coefficient (Wildman–Crippen LogP) is -0.593. The molecule has 0 radical (unpaired) electrons. The Labute approximate surface area is 140 Å². The van der Waals surface area contributed by atoms with Crippen molar-refractivity contribution in [3.8, 4) is 0 Å². The molecule has 0 aromatic heterocycles. The molecule has 3 fully saturated rings. The lowest BCUT2D eigenvalue weighted by Gasteiger charge is -2.30. The number of alkyl halides is 2. The van der Waals surface area contributed by atoms with E-state index in [4.69, 9.17) is 9.47 Å². The van der Waals surface area contributed by atoms with E-state index in [-0.39, 0.29) is 0 Å². The molecule has 12 heteroatoms. The van der Waals surface area contributed by atoms with Gasteiger partial charge < -0.3 is 18.8 Å². The van der Waals surface area contributed by atoms with Crippen LogP contribution in [0.2, 0.25) is 0 Å². The fourth-order valence-corrected chi connectivity index (χ4v) is 4.19. The van der Waals surface area contributed by atoms with Crippen molar-refractivity contribution in [1.82, 2.24) is 0 Å². The first-order chi connectivity index (χ1) is 11.4. The fraction of sp³-hybridized carbons (Fsp3) is 0.769. The number of rotatable bonds is 5. The summed E-state index contributed by atoms with van der Waals surface area (Å²) in [5, 5.41) is -4.78. The van der Waals surface area contributed by atoms with E-state index in [0.717, 1.165) is 6.92 Å². The van der Waals surface area contributed by atoms with Crippen LogP contribution in [0, 0.1) is 23.7 Å². The number of carbonyl (C=O) groups excluding carboxylic acids is 3. The Kier molecular flexibility index (Phi) is 4.02. The molecule has 2 saturated carbocycles. The number of hydrogen-bond donors (Lipinski definition) is 0. The van der Waals surface area contributed by atoms with Crippen LogP contribution in [-0.2, 0) is 38.7 Å². The van der Waals surface area contributed by atoms with Crippen LogP contribution in [0.5, 0.6) is 0 Å². The maximum atomic E-state index is 13.1. The molecular formula is C13H13F2O9S-. The van der Waals surface area contributed by atoms with Crippen LogP contribution in [0.25, 0.3) is 0 Å². The quantitative estimate of drug-likeness (QED) is 0.346. The van der Waals surface area contributed by atoms with Gasteiger partial charge in [-0.2, -0.15) is 8.78 Å². The molecule has 9 nitrogen and oxygen atoms in total. The van der Waals surface area contributed by atoms with Gasteiger partial charge in [-0.15, -0.1) is 0 Å². The van der Waals surface area contributed by atoms with Crippen LogP contribution in [0.1, 0.15) is 13.3 Å². The summed E-state index contributed by atoms with van der Waals surface area (Å²) in [5.74, 6) is -5.85. The standard InChI is InChI=1S/C13H14F2O9S/c1-4(16)23-9-5-2-6-8(12(18)24-10(6)9)7(5)11(17)22-3-13(14,15)25(19,20)21/h5-10H,2-3H2,1H3,(H,19,20,21)/p-1. The van der Waals surface area contributed by atoms with E-state index in [2.05, 4.69) is 4.74 Å². The van der Waals surface area contributed by atoms with Crippen molar-refractivity contribution in [3.05, 3.63) is 0 Å². The summed E-state index contributed by atoms with van der Waals surface area (Å²) in [7, 11) is -6.00. The van der Waals surface area contributed by atoms with Gasteiger partial charge in [0.25, 0.3) is 0 Å². The Hall–Kier alpha value is -1.82. The summed E-state index contributed by atoms with van der Waals surface area (Å²) < 4.78 is 72.1. The molecule has 140 valence electrons. The smallest absolute Gasteiger partial charge is 0.367 e. The van der Waals surface area contributed by atoms with Gasteiger partial charge >= 0.3 is 23.2 Å². The fourth-order valence-electron chi connectivity index (χ4n) is 3.98. The molecule has 1 saturated heterocycles. The average Bonchev–Trinajstić information content (AvgIpc) is 3.06. The number of fused-ring (bicyclic) bond motifs is 1. The van der Waals surface area contributed by atoms with E-state index in [1.165, 1.54) is 0 Å². The van der Waals surface area contributed by atoms with Gasteiger partial charge in [0.05, 0.1) is 11.8 Å². The first-order valence-electron chi connectivity index (χ1n) is 7.31.